The minimum absolute atomic E-state index is 0.0930. The van der Waals surface area contributed by atoms with Gasteiger partial charge in [-0.2, -0.15) is 0 Å². The third kappa shape index (κ3) is 3.54. The van der Waals surface area contributed by atoms with Crippen molar-refractivity contribution >= 4 is 33.8 Å². The molecular formula is C19H20N4OS. The summed E-state index contributed by atoms with van der Waals surface area (Å²) in [6.45, 7) is 2.26. The van der Waals surface area contributed by atoms with Crippen molar-refractivity contribution in [2.45, 2.75) is 32.6 Å². The summed E-state index contributed by atoms with van der Waals surface area (Å²) < 4.78 is 0. The first-order valence-corrected chi connectivity index (χ1v) is 9.52. The van der Waals surface area contributed by atoms with Gasteiger partial charge in [-0.15, -0.1) is 11.3 Å². The van der Waals surface area contributed by atoms with E-state index in [-0.39, 0.29) is 11.8 Å². The monoisotopic (exact) mass is 352 g/mol. The summed E-state index contributed by atoms with van der Waals surface area (Å²) in [5.41, 5.74) is 2.68. The predicted molar refractivity (Wildman–Crippen MR) is 100 cm³/mol. The molecule has 1 saturated carbocycles. The fourth-order valence-electron chi connectivity index (χ4n) is 3.33. The molecule has 0 aromatic carbocycles. The number of nitrogens with zero attached hydrogens (tertiary/aromatic N) is 3. The molecule has 3 aromatic rings. The van der Waals surface area contributed by atoms with E-state index in [2.05, 4.69) is 27.2 Å². The smallest absolute Gasteiger partial charge is 0.228 e. The number of carbonyl (C=O) groups is 1. The standard InChI is InChI=1S/C19H20N4OS/c1-12-2-4-13(5-3-12)19(24)23-18-7-14-6-16(17-10-20-11-25-17)21-8-15(14)9-22-18/h6-13H,2-5H2,1H3,(H,22,23,24). The third-order valence-corrected chi connectivity index (χ3v) is 5.72. The SMILES string of the molecule is CC1CCC(C(=O)Nc2cc3cc(-c4cncs4)ncc3cn2)CC1. The third-order valence-electron chi connectivity index (χ3n) is 4.93. The van der Waals surface area contributed by atoms with Crippen molar-refractivity contribution in [2.24, 2.45) is 11.8 Å². The Hall–Kier alpha value is -2.34. The summed E-state index contributed by atoms with van der Waals surface area (Å²) in [5.74, 6) is 1.55. The number of pyridine rings is 2. The van der Waals surface area contributed by atoms with Crippen LogP contribution in [-0.4, -0.2) is 20.9 Å². The van der Waals surface area contributed by atoms with E-state index in [9.17, 15) is 4.79 Å². The first kappa shape index (κ1) is 16.1. The molecule has 1 aliphatic rings. The fourth-order valence-corrected chi connectivity index (χ4v) is 3.92. The Kier molecular flexibility index (Phi) is 4.44. The van der Waals surface area contributed by atoms with Gasteiger partial charge >= 0.3 is 0 Å². The average Bonchev–Trinajstić information content (AvgIpc) is 3.16. The van der Waals surface area contributed by atoms with E-state index in [4.69, 9.17) is 0 Å². The molecule has 0 aliphatic heterocycles. The van der Waals surface area contributed by atoms with E-state index in [1.807, 2.05) is 24.5 Å². The van der Waals surface area contributed by atoms with E-state index in [0.717, 1.165) is 52.9 Å². The van der Waals surface area contributed by atoms with Gasteiger partial charge in [-0.3, -0.25) is 14.8 Å². The molecule has 0 saturated heterocycles. The second kappa shape index (κ2) is 6.88. The molecule has 0 atom stereocenters. The molecule has 4 rings (SSSR count). The Morgan fingerprint density at radius 3 is 2.64 bits per heavy atom. The van der Waals surface area contributed by atoms with Crippen LogP contribution in [0.4, 0.5) is 5.82 Å². The summed E-state index contributed by atoms with van der Waals surface area (Å²) in [6.07, 6.45) is 9.59. The van der Waals surface area contributed by atoms with Crippen molar-refractivity contribution in [3.05, 3.63) is 36.2 Å². The minimum atomic E-state index is 0.0930. The summed E-state index contributed by atoms with van der Waals surface area (Å²) in [5, 5.41) is 4.96. The summed E-state index contributed by atoms with van der Waals surface area (Å²) in [6, 6.07) is 3.94. The van der Waals surface area contributed by atoms with Crippen molar-refractivity contribution in [3.8, 4) is 10.6 Å². The molecule has 1 amide bonds. The number of amides is 1. The van der Waals surface area contributed by atoms with Crippen LogP contribution < -0.4 is 5.32 Å². The lowest BCUT2D eigenvalue weighted by Crippen LogP contribution is -2.26. The van der Waals surface area contributed by atoms with Crippen LogP contribution >= 0.6 is 11.3 Å². The van der Waals surface area contributed by atoms with Gasteiger partial charge in [-0.05, 0) is 49.1 Å². The summed E-state index contributed by atoms with van der Waals surface area (Å²) in [7, 11) is 0. The van der Waals surface area contributed by atoms with E-state index < -0.39 is 0 Å². The molecule has 3 heterocycles. The molecule has 1 fully saturated rings. The number of aromatic nitrogens is 3. The van der Waals surface area contributed by atoms with E-state index in [1.54, 1.807) is 23.0 Å². The topological polar surface area (TPSA) is 67.8 Å². The van der Waals surface area contributed by atoms with Gasteiger partial charge in [0.15, 0.2) is 0 Å². The molecule has 25 heavy (non-hydrogen) atoms. The molecule has 0 bridgehead atoms. The van der Waals surface area contributed by atoms with E-state index in [0.29, 0.717) is 5.82 Å². The van der Waals surface area contributed by atoms with Gasteiger partial charge in [0.25, 0.3) is 0 Å². The molecule has 5 nitrogen and oxygen atoms in total. The van der Waals surface area contributed by atoms with Crippen molar-refractivity contribution in [2.75, 3.05) is 5.32 Å². The number of anilines is 1. The van der Waals surface area contributed by atoms with Gasteiger partial charge in [-0.25, -0.2) is 4.98 Å². The second-order valence-corrected chi connectivity index (χ2v) is 7.68. The van der Waals surface area contributed by atoms with Gasteiger partial charge < -0.3 is 5.32 Å². The number of fused-ring (bicyclic) bond motifs is 1. The van der Waals surface area contributed by atoms with Crippen LogP contribution in [0, 0.1) is 11.8 Å². The molecule has 0 spiro atoms. The van der Waals surface area contributed by atoms with Crippen LogP contribution in [0.2, 0.25) is 0 Å². The van der Waals surface area contributed by atoms with Gasteiger partial charge in [0.2, 0.25) is 5.91 Å². The highest BCUT2D eigenvalue weighted by molar-refractivity contribution is 7.13. The largest absolute Gasteiger partial charge is 0.310 e. The Balaban J connectivity index is 1.54. The lowest BCUT2D eigenvalue weighted by Gasteiger charge is -2.25. The van der Waals surface area contributed by atoms with Gasteiger partial charge in [0.05, 0.1) is 16.1 Å². The number of rotatable bonds is 3. The van der Waals surface area contributed by atoms with Crippen LogP contribution in [-0.2, 0) is 4.79 Å². The second-order valence-electron chi connectivity index (χ2n) is 6.80. The number of nitrogens with one attached hydrogen (secondary N) is 1. The molecule has 128 valence electrons. The van der Waals surface area contributed by atoms with E-state index >= 15 is 0 Å². The van der Waals surface area contributed by atoms with Gasteiger partial charge in [-0.1, -0.05) is 6.92 Å². The zero-order valence-electron chi connectivity index (χ0n) is 14.1. The molecule has 3 aromatic heterocycles. The van der Waals surface area contributed by atoms with Gasteiger partial charge in [0.1, 0.15) is 5.82 Å². The minimum Gasteiger partial charge on any atom is -0.310 e. The number of carbonyl (C=O) groups excluding carboxylic acids is 1. The Labute approximate surface area is 150 Å². The number of hydrogen-bond acceptors (Lipinski definition) is 5. The van der Waals surface area contributed by atoms with Crippen LogP contribution in [0.3, 0.4) is 0 Å². The van der Waals surface area contributed by atoms with Crippen LogP contribution in [0.15, 0.2) is 36.2 Å². The zero-order chi connectivity index (χ0) is 17.2. The molecule has 0 unspecified atom stereocenters. The summed E-state index contributed by atoms with van der Waals surface area (Å²) >= 11 is 1.56. The molecular weight excluding hydrogens is 332 g/mol. The highest BCUT2D eigenvalue weighted by atomic mass is 32.1. The highest BCUT2D eigenvalue weighted by Gasteiger charge is 2.24. The van der Waals surface area contributed by atoms with Crippen molar-refractivity contribution in [1.29, 1.82) is 0 Å². The molecule has 0 radical (unpaired) electrons. The first-order chi connectivity index (χ1) is 12.2. The molecule has 1 aliphatic carbocycles. The zero-order valence-corrected chi connectivity index (χ0v) is 14.9. The lowest BCUT2D eigenvalue weighted by molar-refractivity contribution is -0.121. The van der Waals surface area contributed by atoms with Crippen LogP contribution in [0.25, 0.3) is 21.3 Å². The van der Waals surface area contributed by atoms with Gasteiger partial charge in [0, 0.05) is 29.9 Å². The Morgan fingerprint density at radius 2 is 1.88 bits per heavy atom. The quantitative estimate of drug-likeness (QED) is 0.752. The predicted octanol–water partition coefficient (Wildman–Crippen LogP) is 4.52. The average molecular weight is 352 g/mol. The van der Waals surface area contributed by atoms with Crippen molar-refractivity contribution in [1.82, 2.24) is 15.0 Å². The highest BCUT2D eigenvalue weighted by Crippen LogP contribution is 2.29. The maximum Gasteiger partial charge on any atom is 0.228 e. The maximum atomic E-state index is 12.5. The Morgan fingerprint density at radius 1 is 1.08 bits per heavy atom. The van der Waals surface area contributed by atoms with Crippen molar-refractivity contribution < 1.29 is 4.79 Å². The fraction of sp³-hybridized carbons (Fsp3) is 0.368. The summed E-state index contributed by atoms with van der Waals surface area (Å²) in [4.78, 5) is 26.5. The number of thiazole rings is 1. The maximum absolute atomic E-state index is 12.5. The molecule has 6 heteroatoms. The lowest BCUT2D eigenvalue weighted by atomic mass is 9.82. The van der Waals surface area contributed by atoms with Crippen LogP contribution in [0.5, 0.6) is 0 Å². The Bertz CT molecular complexity index is 886. The van der Waals surface area contributed by atoms with Crippen LogP contribution in [0.1, 0.15) is 32.6 Å². The van der Waals surface area contributed by atoms with Crippen molar-refractivity contribution in [3.63, 3.8) is 0 Å². The van der Waals surface area contributed by atoms with E-state index in [1.165, 1.54) is 0 Å². The first-order valence-electron chi connectivity index (χ1n) is 8.64. The normalized spacial score (nSPS) is 20.5. The number of hydrogen-bond donors (Lipinski definition) is 1. The molecule has 1 N–H and O–H groups in total.